The molecular weight excluding hydrogens is 186 g/mol. The third kappa shape index (κ3) is 2.49. The van der Waals surface area contributed by atoms with E-state index in [4.69, 9.17) is 0 Å². The van der Waals surface area contributed by atoms with Crippen molar-refractivity contribution in [1.29, 1.82) is 0 Å². The zero-order valence-electron chi connectivity index (χ0n) is 9.11. The van der Waals surface area contributed by atoms with Crippen LogP contribution in [0.3, 0.4) is 0 Å². The first-order valence-electron chi connectivity index (χ1n) is 5.57. The van der Waals surface area contributed by atoms with Gasteiger partial charge < -0.3 is 4.98 Å². The van der Waals surface area contributed by atoms with E-state index in [1.807, 2.05) is 29.2 Å². The molecule has 2 rings (SSSR count). The fraction of sp³-hybridized carbons (Fsp3) is 0.417. The van der Waals surface area contributed by atoms with Crippen LogP contribution in [0.4, 0.5) is 0 Å². The first kappa shape index (κ1) is 10.0. The van der Waals surface area contributed by atoms with Crippen LogP contribution < -0.4 is 0 Å². The second kappa shape index (κ2) is 4.82. The summed E-state index contributed by atoms with van der Waals surface area (Å²) in [5.74, 6) is 0. The lowest BCUT2D eigenvalue weighted by molar-refractivity contribution is 0.554. The van der Waals surface area contributed by atoms with E-state index < -0.39 is 0 Å². The summed E-state index contributed by atoms with van der Waals surface area (Å²) in [5.41, 5.74) is 2.11. The zero-order chi connectivity index (χ0) is 10.5. The Hall–Kier alpha value is -1.51. The Labute approximate surface area is 90.1 Å². The molecule has 3 heteroatoms. The number of unbranched alkanes of at least 4 members (excludes halogenated alkanes) is 2. The van der Waals surface area contributed by atoms with Crippen molar-refractivity contribution < 1.29 is 0 Å². The van der Waals surface area contributed by atoms with Crippen LogP contribution in [0, 0.1) is 0 Å². The molecule has 0 aliphatic rings. The Morgan fingerprint density at radius 1 is 1.33 bits per heavy atom. The van der Waals surface area contributed by atoms with Gasteiger partial charge in [-0.2, -0.15) is 5.10 Å². The van der Waals surface area contributed by atoms with Gasteiger partial charge in [-0.05, 0) is 24.6 Å². The molecule has 2 aromatic heterocycles. The van der Waals surface area contributed by atoms with Crippen molar-refractivity contribution in [1.82, 2.24) is 14.8 Å². The summed E-state index contributed by atoms with van der Waals surface area (Å²) >= 11 is 0. The van der Waals surface area contributed by atoms with Crippen molar-refractivity contribution in [3.63, 3.8) is 0 Å². The molecule has 0 aliphatic heterocycles. The van der Waals surface area contributed by atoms with E-state index in [-0.39, 0.29) is 0 Å². The molecule has 2 heterocycles. The number of nitrogens with one attached hydrogen (secondary N) is 1. The number of rotatable bonds is 5. The maximum atomic E-state index is 4.51. The van der Waals surface area contributed by atoms with E-state index in [1.54, 1.807) is 0 Å². The SMILES string of the molecule is CCCCCn1ccc(-c2ccc[nH]2)n1. The highest BCUT2D eigenvalue weighted by atomic mass is 15.3. The highest BCUT2D eigenvalue weighted by Gasteiger charge is 2.01. The van der Waals surface area contributed by atoms with Gasteiger partial charge in [0, 0.05) is 18.9 Å². The number of aryl methyl sites for hydroxylation is 1. The Morgan fingerprint density at radius 3 is 3.00 bits per heavy atom. The Bertz CT molecular complexity index is 387. The molecule has 0 unspecified atom stereocenters. The van der Waals surface area contributed by atoms with Crippen LogP contribution in [0.2, 0.25) is 0 Å². The standard InChI is InChI=1S/C12H17N3/c1-2-3-4-9-15-10-7-12(14-15)11-6-5-8-13-11/h5-8,10,13H,2-4,9H2,1H3. The molecule has 0 saturated heterocycles. The van der Waals surface area contributed by atoms with Crippen molar-refractivity contribution in [3.05, 3.63) is 30.6 Å². The van der Waals surface area contributed by atoms with Crippen LogP contribution >= 0.6 is 0 Å². The summed E-state index contributed by atoms with van der Waals surface area (Å²) in [5, 5.41) is 4.51. The van der Waals surface area contributed by atoms with E-state index in [1.165, 1.54) is 19.3 Å². The molecule has 0 bridgehead atoms. The molecule has 15 heavy (non-hydrogen) atoms. The van der Waals surface area contributed by atoms with Crippen LogP contribution in [0.5, 0.6) is 0 Å². The van der Waals surface area contributed by atoms with Gasteiger partial charge in [0.1, 0.15) is 5.69 Å². The molecule has 1 N–H and O–H groups in total. The minimum absolute atomic E-state index is 1.02. The summed E-state index contributed by atoms with van der Waals surface area (Å²) in [7, 11) is 0. The quantitative estimate of drug-likeness (QED) is 0.744. The second-order valence-corrected chi connectivity index (χ2v) is 3.75. The maximum Gasteiger partial charge on any atom is 0.108 e. The first-order valence-corrected chi connectivity index (χ1v) is 5.57. The molecule has 3 nitrogen and oxygen atoms in total. The second-order valence-electron chi connectivity index (χ2n) is 3.75. The molecule has 0 spiro atoms. The van der Waals surface area contributed by atoms with Crippen LogP contribution in [-0.2, 0) is 6.54 Å². The highest BCUT2D eigenvalue weighted by molar-refractivity contribution is 5.53. The molecule has 0 saturated carbocycles. The van der Waals surface area contributed by atoms with Gasteiger partial charge >= 0.3 is 0 Å². The molecule has 0 radical (unpaired) electrons. The summed E-state index contributed by atoms with van der Waals surface area (Å²) in [6.07, 6.45) is 7.71. The van der Waals surface area contributed by atoms with Gasteiger partial charge in [-0.15, -0.1) is 0 Å². The average Bonchev–Trinajstić information content (AvgIpc) is 2.87. The molecule has 0 fully saturated rings. The predicted molar refractivity (Wildman–Crippen MR) is 61.5 cm³/mol. The average molecular weight is 203 g/mol. The number of aromatic nitrogens is 3. The lowest BCUT2D eigenvalue weighted by Gasteiger charge is -1.99. The van der Waals surface area contributed by atoms with Crippen LogP contribution in [0.15, 0.2) is 30.6 Å². The zero-order valence-corrected chi connectivity index (χ0v) is 9.11. The molecule has 0 amide bonds. The number of aromatic amines is 1. The van der Waals surface area contributed by atoms with Crippen LogP contribution in [0.1, 0.15) is 26.2 Å². The molecule has 0 atom stereocenters. The number of H-pyrrole nitrogens is 1. The third-order valence-corrected chi connectivity index (χ3v) is 2.51. The number of hydrogen-bond acceptors (Lipinski definition) is 1. The van der Waals surface area contributed by atoms with Crippen LogP contribution in [-0.4, -0.2) is 14.8 Å². The van der Waals surface area contributed by atoms with E-state index in [0.717, 1.165) is 17.9 Å². The smallest absolute Gasteiger partial charge is 0.108 e. The fourth-order valence-electron chi connectivity index (χ4n) is 1.64. The number of nitrogens with zero attached hydrogens (tertiary/aromatic N) is 2. The van der Waals surface area contributed by atoms with Crippen molar-refractivity contribution in [2.45, 2.75) is 32.7 Å². The first-order chi connectivity index (χ1) is 7.40. The fourth-order valence-corrected chi connectivity index (χ4v) is 1.64. The lowest BCUT2D eigenvalue weighted by Crippen LogP contribution is -1.98. The Balaban J connectivity index is 1.98. The third-order valence-electron chi connectivity index (χ3n) is 2.51. The number of hydrogen-bond donors (Lipinski definition) is 1. The van der Waals surface area contributed by atoms with Crippen molar-refractivity contribution >= 4 is 0 Å². The highest BCUT2D eigenvalue weighted by Crippen LogP contribution is 2.13. The van der Waals surface area contributed by atoms with Gasteiger partial charge in [0.25, 0.3) is 0 Å². The van der Waals surface area contributed by atoms with Gasteiger partial charge in [-0.25, -0.2) is 0 Å². The summed E-state index contributed by atoms with van der Waals surface area (Å²) < 4.78 is 2.02. The van der Waals surface area contributed by atoms with Gasteiger partial charge in [0.05, 0.1) is 5.69 Å². The maximum absolute atomic E-state index is 4.51. The Morgan fingerprint density at radius 2 is 2.27 bits per heavy atom. The monoisotopic (exact) mass is 203 g/mol. The van der Waals surface area contributed by atoms with Crippen molar-refractivity contribution in [2.24, 2.45) is 0 Å². The van der Waals surface area contributed by atoms with Gasteiger partial charge in [-0.3, -0.25) is 4.68 Å². The molecule has 2 aromatic rings. The summed E-state index contributed by atoms with van der Waals surface area (Å²) in [6.45, 7) is 3.24. The van der Waals surface area contributed by atoms with E-state index in [9.17, 15) is 0 Å². The molecule has 0 aliphatic carbocycles. The van der Waals surface area contributed by atoms with Gasteiger partial charge in [0.15, 0.2) is 0 Å². The van der Waals surface area contributed by atoms with E-state index in [2.05, 4.69) is 23.1 Å². The normalized spacial score (nSPS) is 10.7. The van der Waals surface area contributed by atoms with Crippen molar-refractivity contribution in [3.8, 4) is 11.4 Å². The molecule has 80 valence electrons. The molecule has 0 aromatic carbocycles. The van der Waals surface area contributed by atoms with Crippen LogP contribution in [0.25, 0.3) is 11.4 Å². The largest absolute Gasteiger partial charge is 0.360 e. The minimum atomic E-state index is 1.02. The lowest BCUT2D eigenvalue weighted by atomic mass is 10.2. The topological polar surface area (TPSA) is 33.6 Å². The van der Waals surface area contributed by atoms with Gasteiger partial charge in [0.2, 0.25) is 0 Å². The Kier molecular flexibility index (Phi) is 3.22. The van der Waals surface area contributed by atoms with E-state index in [0.29, 0.717) is 0 Å². The van der Waals surface area contributed by atoms with E-state index >= 15 is 0 Å². The van der Waals surface area contributed by atoms with Crippen molar-refractivity contribution in [2.75, 3.05) is 0 Å². The predicted octanol–water partition coefficient (Wildman–Crippen LogP) is 3.07. The van der Waals surface area contributed by atoms with Gasteiger partial charge in [-0.1, -0.05) is 19.8 Å². The molecular formula is C12H17N3. The summed E-state index contributed by atoms with van der Waals surface area (Å²) in [6, 6.07) is 6.09. The minimum Gasteiger partial charge on any atom is -0.360 e. The summed E-state index contributed by atoms with van der Waals surface area (Å²) in [4.78, 5) is 3.16.